The SMILES string of the molecule is Cc1noc(C)c1-c1ccc2c(c1)N(Cc1ccc(Cl)cc1)CC(=O)N2. The lowest BCUT2D eigenvalue weighted by Gasteiger charge is -2.31. The van der Waals surface area contributed by atoms with Gasteiger partial charge in [-0.1, -0.05) is 35.0 Å². The number of nitrogens with one attached hydrogen (secondary N) is 1. The molecule has 5 nitrogen and oxygen atoms in total. The third kappa shape index (κ3) is 3.06. The fourth-order valence-electron chi connectivity index (χ4n) is 3.35. The van der Waals surface area contributed by atoms with Gasteiger partial charge in [0, 0.05) is 17.1 Å². The van der Waals surface area contributed by atoms with Crippen LogP contribution in [0.1, 0.15) is 17.0 Å². The molecule has 0 fully saturated rings. The predicted octanol–water partition coefficient (Wildman–Crippen LogP) is 4.57. The number of fused-ring (bicyclic) bond motifs is 1. The average Bonchev–Trinajstić information content (AvgIpc) is 2.95. The number of aryl methyl sites for hydroxylation is 2. The minimum atomic E-state index is -0.0171. The summed E-state index contributed by atoms with van der Waals surface area (Å²) in [5.41, 5.74) is 5.76. The highest BCUT2D eigenvalue weighted by Gasteiger charge is 2.23. The number of benzene rings is 2. The van der Waals surface area contributed by atoms with Crippen molar-refractivity contribution in [3.8, 4) is 11.1 Å². The molecule has 0 atom stereocenters. The fraction of sp³-hybridized carbons (Fsp3) is 0.200. The first kappa shape index (κ1) is 16.7. The summed E-state index contributed by atoms with van der Waals surface area (Å²) in [5.74, 6) is 0.767. The summed E-state index contributed by atoms with van der Waals surface area (Å²) < 4.78 is 5.30. The van der Waals surface area contributed by atoms with E-state index in [9.17, 15) is 4.79 Å². The summed E-state index contributed by atoms with van der Waals surface area (Å²) in [6.07, 6.45) is 0. The number of aromatic nitrogens is 1. The Labute approximate surface area is 156 Å². The largest absolute Gasteiger partial charge is 0.361 e. The molecule has 0 spiro atoms. The molecule has 0 saturated heterocycles. The van der Waals surface area contributed by atoms with Crippen molar-refractivity contribution in [2.24, 2.45) is 0 Å². The van der Waals surface area contributed by atoms with Crippen LogP contribution in [0.5, 0.6) is 0 Å². The molecule has 0 bridgehead atoms. The van der Waals surface area contributed by atoms with Gasteiger partial charge in [-0.05, 0) is 49.2 Å². The van der Waals surface area contributed by atoms with Crippen LogP contribution in [-0.4, -0.2) is 17.6 Å². The van der Waals surface area contributed by atoms with Crippen LogP contribution >= 0.6 is 11.6 Å². The molecule has 1 aliphatic heterocycles. The first-order valence-corrected chi connectivity index (χ1v) is 8.75. The van der Waals surface area contributed by atoms with Crippen LogP contribution in [0.3, 0.4) is 0 Å². The molecule has 1 aromatic heterocycles. The van der Waals surface area contributed by atoms with E-state index in [4.69, 9.17) is 16.1 Å². The van der Waals surface area contributed by atoms with E-state index in [2.05, 4.69) is 21.4 Å². The molecule has 3 aromatic rings. The van der Waals surface area contributed by atoms with E-state index in [0.717, 1.165) is 39.5 Å². The smallest absolute Gasteiger partial charge is 0.243 e. The highest BCUT2D eigenvalue weighted by molar-refractivity contribution is 6.30. The summed E-state index contributed by atoms with van der Waals surface area (Å²) in [6.45, 7) is 4.77. The number of halogens is 1. The van der Waals surface area contributed by atoms with E-state index < -0.39 is 0 Å². The lowest BCUT2D eigenvalue weighted by atomic mass is 10.0. The van der Waals surface area contributed by atoms with Crippen LogP contribution in [0, 0.1) is 13.8 Å². The van der Waals surface area contributed by atoms with Gasteiger partial charge in [0.05, 0.1) is 23.6 Å². The number of nitrogens with zero attached hydrogens (tertiary/aromatic N) is 2. The molecule has 0 unspecified atom stereocenters. The predicted molar refractivity (Wildman–Crippen MR) is 103 cm³/mol. The Bertz CT molecular complexity index is 960. The number of amides is 1. The highest BCUT2D eigenvalue weighted by atomic mass is 35.5. The summed E-state index contributed by atoms with van der Waals surface area (Å²) >= 11 is 5.97. The van der Waals surface area contributed by atoms with Crippen LogP contribution in [0.15, 0.2) is 47.0 Å². The van der Waals surface area contributed by atoms with Crippen molar-refractivity contribution >= 4 is 28.9 Å². The molecule has 2 aromatic carbocycles. The maximum Gasteiger partial charge on any atom is 0.243 e. The Morgan fingerprint density at radius 2 is 1.96 bits per heavy atom. The normalized spacial score (nSPS) is 13.5. The lowest BCUT2D eigenvalue weighted by Crippen LogP contribution is -2.37. The standard InChI is InChI=1S/C20H18ClN3O2/c1-12-20(13(2)26-23-12)15-5-8-17-18(9-15)24(11-19(25)22-17)10-14-3-6-16(21)7-4-14/h3-9H,10-11H2,1-2H3,(H,22,25). The van der Waals surface area contributed by atoms with Crippen molar-refractivity contribution in [2.75, 3.05) is 16.8 Å². The second-order valence-electron chi connectivity index (χ2n) is 6.46. The monoisotopic (exact) mass is 367 g/mol. The number of carbonyl (C=O) groups excluding carboxylic acids is 1. The van der Waals surface area contributed by atoms with Gasteiger partial charge in [0.15, 0.2) is 0 Å². The summed E-state index contributed by atoms with van der Waals surface area (Å²) in [4.78, 5) is 14.2. The van der Waals surface area contributed by atoms with Gasteiger partial charge in [-0.15, -0.1) is 0 Å². The number of hydrogen-bond donors (Lipinski definition) is 1. The van der Waals surface area contributed by atoms with Gasteiger partial charge in [-0.2, -0.15) is 0 Å². The highest BCUT2D eigenvalue weighted by Crippen LogP contribution is 2.36. The summed E-state index contributed by atoms with van der Waals surface area (Å²) in [5, 5.41) is 7.69. The van der Waals surface area contributed by atoms with E-state index >= 15 is 0 Å². The average molecular weight is 368 g/mol. The molecule has 0 saturated carbocycles. The molecule has 0 radical (unpaired) electrons. The first-order valence-electron chi connectivity index (χ1n) is 8.38. The van der Waals surface area contributed by atoms with Gasteiger partial charge in [-0.3, -0.25) is 4.79 Å². The van der Waals surface area contributed by atoms with Crippen LogP contribution < -0.4 is 10.2 Å². The third-order valence-electron chi connectivity index (χ3n) is 4.56. The van der Waals surface area contributed by atoms with E-state index in [1.54, 1.807) is 0 Å². The quantitative estimate of drug-likeness (QED) is 0.736. The Morgan fingerprint density at radius 3 is 2.65 bits per heavy atom. The lowest BCUT2D eigenvalue weighted by molar-refractivity contribution is -0.115. The molecule has 1 aliphatic rings. The van der Waals surface area contributed by atoms with Crippen molar-refractivity contribution < 1.29 is 9.32 Å². The van der Waals surface area contributed by atoms with Crippen molar-refractivity contribution in [3.63, 3.8) is 0 Å². The molecule has 26 heavy (non-hydrogen) atoms. The van der Waals surface area contributed by atoms with Crippen molar-refractivity contribution in [2.45, 2.75) is 20.4 Å². The Hall–Kier alpha value is -2.79. The molecule has 1 amide bonds. The van der Waals surface area contributed by atoms with Gasteiger partial charge < -0.3 is 14.7 Å². The van der Waals surface area contributed by atoms with Crippen LogP contribution in [0.4, 0.5) is 11.4 Å². The summed E-state index contributed by atoms with van der Waals surface area (Å²) in [6, 6.07) is 13.7. The number of anilines is 2. The van der Waals surface area contributed by atoms with Crippen LogP contribution in [0.25, 0.3) is 11.1 Å². The third-order valence-corrected chi connectivity index (χ3v) is 4.81. The minimum absolute atomic E-state index is 0.0171. The summed E-state index contributed by atoms with van der Waals surface area (Å²) in [7, 11) is 0. The number of carbonyl (C=O) groups is 1. The van der Waals surface area contributed by atoms with E-state index in [1.165, 1.54) is 0 Å². The van der Waals surface area contributed by atoms with Gasteiger partial charge in [0.25, 0.3) is 0 Å². The van der Waals surface area contributed by atoms with Crippen molar-refractivity contribution in [1.82, 2.24) is 5.16 Å². The Balaban J connectivity index is 1.73. The molecule has 6 heteroatoms. The second-order valence-corrected chi connectivity index (χ2v) is 6.90. The van der Waals surface area contributed by atoms with E-state index in [1.807, 2.05) is 50.2 Å². The number of rotatable bonds is 3. The zero-order valence-electron chi connectivity index (χ0n) is 14.5. The fourth-order valence-corrected chi connectivity index (χ4v) is 3.48. The maximum atomic E-state index is 12.1. The van der Waals surface area contributed by atoms with Gasteiger partial charge >= 0.3 is 0 Å². The van der Waals surface area contributed by atoms with E-state index in [0.29, 0.717) is 18.1 Å². The Morgan fingerprint density at radius 1 is 1.19 bits per heavy atom. The van der Waals surface area contributed by atoms with Crippen LogP contribution in [0.2, 0.25) is 5.02 Å². The maximum absolute atomic E-state index is 12.1. The first-order chi connectivity index (χ1) is 12.5. The zero-order valence-corrected chi connectivity index (χ0v) is 15.3. The topological polar surface area (TPSA) is 58.4 Å². The Kier molecular flexibility index (Phi) is 4.17. The zero-order chi connectivity index (χ0) is 18.3. The van der Waals surface area contributed by atoms with Crippen molar-refractivity contribution in [3.05, 3.63) is 64.5 Å². The second kappa shape index (κ2) is 6.50. The number of hydrogen-bond acceptors (Lipinski definition) is 4. The molecule has 132 valence electrons. The van der Waals surface area contributed by atoms with E-state index in [-0.39, 0.29) is 5.91 Å². The molecular formula is C20H18ClN3O2. The van der Waals surface area contributed by atoms with Gasteiger partial charge in [-0.25, -0.2) is 0 Å². The minimum Gasteiger partial charge on any atom is -0.361 e. The molecule has 0 aliphatic carbocycles. The molecule has 2 heterocycles. The molecular weight excluding hydrogens is 350 g/mol. The van der Waals surface area contributed by atoms with Gasteiger partial charge in [0.2, 0.25) is 5.91 Å². The molecule has 4 rings (SSSR count). The van der Waals surface area contributed by atoms with Crippen LogP contribution in [-0.2, 0) is 11.3 Å². The van der Waals surface area contributed by atoms with Crippen molar-refractivity contribution in [1.29, 1.82) is 0 Å². The molecule has 1 N–H and O–H groups in total. The van der Waals surface area contributed by atoms with Gasteiger partial charge in [0.1, 0.15) is 5.76 Å².